The number of hydrogen-bond acceptors (Lipinski definition) is 3. The molecule has 0 spiro atoms. The fraction of sp³-hybridized carbons (Fsp3) is 0.667. The second-order valence-corrected chi connectivity index (χ2v) is 5.82. The second kappa shape index (κ2) is 9.06. The number of hydrogen-bond donors (Lipinski definition) is 1. The van der Waals surface area contributed by atoms with Crippen LogP contribution in [0.1, 0.15) is 57.1 Å². The molecule has 2 atom stereocenters. The van der Waals surface area contributed by atoms with Crippen LogP contribution in [0, 0.1) is 0 Å². The minimum absolute atomic E-state index is 0.402. The van der Waals surface area contributed by atoms with Crippen molar-refractivity contribution in [1.82, 2.24) is 5.32 Å². The van der Waals surface area contributed by atoms with Gasteiger partial charge in [-0.2, -0.15) is 0 Å². The standard InChI is InChI=1S/C18H29NO2/c1-3-4-13-20-17-9-7-15(8-10-17)18(19-2)12-11-16-6-5-14-21-16/h7-10,16,18-19H,3-6,11-14H2,1-2H3. The van der Waals surface area contributed by atoms with Crippen molar-refractivity contribution in [1.29, 1.82) is 0 Å². The molecule has 0 radical (unpaired) electrons. The lowest BCUT2D eigenvalue weighted by atomic mass is 9.99. The highest BCUT2D eigenvalue weighted by atomic mass is 16.5. The van der Waals surface area contributed by atoms with Crippen LogP contribution in [-0.4, -0.2) is 26.4 Å². The van der Waals surface area contributed by atoms with E-state index in [1.807, 2.05) is 7.05 Å². The van der Waals surface area contributed by atoms with Crippen LogP contribution < -0.4 is 10.1 Å². The van der Waals surface area contributed by atoms with Crippen LogP contribution in [0.2, 0.25) is 0 Å². The van der Waals surface area contributed by atoms with Crippen molar-refractivity contribution in [3.8, 4) is 5.75 Å². The topological polar surface area (TPSA) is 30.5 Å². The lowest BCUT2D eigenvalue weighted by Gasteiger charge is -2.19. The van der Waals surface area contributed by atoms with Gasteiger partial charge in [0.1, 0.15) is 5.75 Å². The highest BCUT2D eigenvalue weighted by molar-refractivity contribution is 5.29. The first-order valence-electron chi connectivity index (χ1n) is 8.35. The van der Waals surface area contributed by atoms with Gasteiger partial charge in [0, 0.05) is 12.6 Å². The van der Waals surface area contributed by atoms with Gasteiger partial charge in [-0.25, -0.2) is 0 Å². The maximum absolute atomic E-state index is 5.72. The molecule has 1 aliphatic rings. The normalized spacial score (nSPS) is 19.6. The van der Waals surface area contributed by atoms with Gasteiger partial charge in [0.15, 0.2) is 0 Å². The number of unbranched alkanes of at least 4 members (excludes halogenated alkanes) is 1. The molecule has 1 aromatic carbocycles. The molecular weight excluding hydrogens is 262 g/mol. The van der Waals surface area contributed by atoms with Gasteiger partial charge in [0.2, 0.25) is 0 Å². The summed E-state index contributed by atoms with van der Waals surface area (Å²) in [7, 11) is 2.03. The highest BCUT2D eigenvalue weighted by Gasteiger charge is 2.18. The van der Waals surface area contributed by atoms with Crippen molar-refractivity contribution in [2.45, 2.75) is 57.6 Å². The summed E-state index contributed by atoms with van der Waals surface area (Å²) in [4.78, 5) is 0. The number of rotatable bonds is 9. The highest BCUT2D eigenvalue weighted by Crippen LogP contribution is 2.25. The Bertz CT molecular complexity index is 385. The Labute approximate surface area is 129 Å². The minimum Gasteiger partial charge on any atom is -0.494 e. The second-order valence-electron chi connectivity index (χ2n) is 5.82. The van der Waals surface area contributed by atoms with Crippen molar-refractivity contribution in [3.63, 3.8) is 0 Å². The fourth-order valence-electron chi connectivity index (χ4n) is 2.83. The average molecular weight is 291 g/mol. The summed E-state index contributed by atoms with van der Waals surface area (Å²) in [5.41, 5.74) is 1.33. The molecule has 0 aromatic heterocycles. The van der Waals surface area contributed by atoms with E-state index in [2.05, 4.69) is 36.5 Å². The summed E-state index contributed by atoms with van der Waals surface area (Å²) < 4.78 is 11.4. The number of nitrogens with one attached hydrogen (secondary N) is 1. The van der Waals surface area contributed by atoms with Gasteiger partial charge in [-0.3, -0.25) is 0 Å². The first kappa shape index (κ1) is 16.3. The summed E-state index contributed by atoms with van der Waals surface area (Å²) >= 11 is 0. The van der Waals surface area contributed by atoms with E-state index in [-0.39, 0.29) is 0 Å². The van der Waals surface area contributed by atoms with Crippen LogP contribution in [-0.2, 0) is 4.74 Å². The molecular formula is C18H29NO2. The lowest BCUT2D eigenvalue weighted by Crippen LogP contribution is -2.18. The SMILES string of the molecule is CCCCOc1ccc(C(CCC2CCCO2)NC)cc1. The molecule has 21 heavy (non-hydrogen) atoms. The molecule has 1 saturated heterocycles. The van der Waals surface area contributed by atoms with Gasteiger partial charge >= 0.3 is 0 Å². The van der Waals surface area contributed by atoms with Gasteiger partial charge in [0.25, 0.3) is 0 Å². The first-order chi connectivity index (χ1) is 10.3. The van der Waals surface area contributed by atoms with E-state index in [1.165, 1.54) is 24.8 Å². The maximum atomic E-state index is 5.72. The van der Waals surface area contributed by atoms with E-state index in [9.17, 15) is 0 Å². The Kier molecular flexibility index (Phi) is 7.04. The van der Waals surface area contributed by atoms with Crippen molar-refractivity contribution >= 4 is 0 Å². The summed E-state index contributed by atoms with van der Waals surface area (Å²) in [6.07, 6.45) is 7.46. The number of benzene rings is 1. The van der Waals surface area contributed by atoms with E-state index in [4.69, 9.17) is 9.47 Å². The smallest absolute Gasteiger partial charge is 0.119 e. The van der Waals surface area contributed by atoms with E-state index in [0.29, 0.717) is 12.1 Å². The fourth-order valence-corrected chi connectivity index (χ4v) is 2.83. The van der Waals surface area contributed by atoms with Gasteiger partial charge in [-0.05, 0) is 56.8 Å². The minimum atomic E-state index is 0.402. The largest absolute Gasteiger partial charge is 0.494 e. The van der Waals surface area contributed by atoms with Crippen molar-refractivity contribution < 1.29 is 9.47 Å². The van der Waals surface area contributed by atoms with Crippen molar-refractivity contribution in [3.05, 3.63) is 29.8 Å². The van der Waals surface area contributed by atoms with Crippen LogP contribution in [0.5, 0.6) is 5.75 Å². The maximum Gasteiger partial charge on any atom is 0.119 e. The first-order valence-corrected chi connectivity index (χ1v) is 8.35. The van der Waals surface area contributed by atoms with Crippen LogP contribution in [0.3, 0.4) is 0 Å². The molecule has 0 aliphatic carbocycles. The summed E-state index contributed by atoms with van der Waals surface area (Å²) in [6, 6.07) is 8.93. The third-order valence-corrected chi connectivity index (χ3v) is 4.20. The molecule has 0 amide bonds. The lowest BCUT2D eigenvalue weighted by molar-refractivity contribution is 0.0998. The molecule has 3 nitrogen and oxygen atoms in total. The predicted octanol–water partition coefficient (Wildman–Crippen LogP) is 4.09. The molecule has 1 heterocycles. The molecule has 118 valence electrons. The molecule has 1 aromatic rings. The molecule has 2 rings (SSSR count). The third-order valence-electron chi connectivity index (χ3n) is 4.20. The predicted molar refractivity (Wildman–Crippen MR) is 86.9 cm³/mol. The Hall–Kier alpha value is -1.06. The zero-order valence-electron chi connectivity index (χ0n) is 13.4. The summed E-state index contributed by atoms with van der Waals surface area (Å²) in [5, 5.41) is 3.42. The Morgan fingerprint density at radius 1 is 1.33 bits per heavy atom. The van der Waals surface area contributed by atoms with Gasteiger partial charge in [-0.1, -0.05) is 25.5 Å². The molecule has 2 unspecified atom stereocenters. The Morgan fingerprint density at radius 3 is 2.76 bits per heavy atom. The zero-order chi connectivity index (χ0) is 14.9. The average Bonchev–Trinajstić information content (AvgIpc) is 3.03. The van der Waals surface area contributed by atoms with Crippen molar-refractivity contribution in [2.75, 3.05) is 20.3 Å². The Balaban J connectivity index is 1.82. The monoisotopic (exact) mass is 291 g/mol. The quantitative estimate of drug-likeness (QED) is 0.695. The van der Waals surface area contributed by atoms with E-state index in [0.717, 1.165) is 38.2 Å². The third kappa shape index (κ3) is 5.33. The van der Waals surface area contributed by atoms with Crippen LogP contribution in [0.15, 0.2) is 24.3 Å². The van der Waals surface area contributed by atoms with E-state index in [1.54, 1.807) is 0 Å². The van der Waals surface area contributed by atoms with E-state index < -0.39 is 0 Å². The van der Waals surface area contributed by atoms with Crippen LogP contribution >= 0.6 is 0 Å². The van der Waals surface area contributed by atoms with Crippen LogP contribution in [0.4, 0.5) is 0 Å². The Morgan fingerprint density at radius 2 is 2.14 bits per heavy atom. The molecule has 1 fully saturated rings. The summed E-state index contributed by atoms with van der Waals surface area (Å²) in [6.45, 7) is 3.93. The zero-order valence-corrected chi connectivity index (χ0v) is 13.4. The molecule has 1 aliphatic heterocycles. The van der Waals surface area contributed by atoms with Crippen molar-refractivity contribution in [2.24, 2.45) is 0 Å². The number of ether oxygens (including phenoxy) is 2. The molecule has 3 heteroatoms. The van der Waals surface area contributed by atoms with Crippen LogP contribution in [0.25, 0.3) is 0 Å². The molecule has 0 bridgehead atoms. The molecule has 1 N–H and O–H groups in total. The summed E-state index contributed by atoms with van der Waals surface area (Å²) in [5.74, 6) is 0.973. The van der Waals surface area contributed by atoms with Gasteiger partial charge < -0.3 is 14.8 Å². The van der Waals surface area contributed by atoms with Gasteiger partial charge in [-0.15, -0.1) is 0 Å². The van der Waals surface area contributed by atoms with Gasteiger partial charge in [0.05, 0.1) is 12.7 Å². The van der Waals surface area contributed by atoms with E-state index >= 15 is 0 Å². The molecule has 0 saturated carbocycles.